The van der Waals surface area contributed by atoms with Crippen molar-refractivity contribution in [1.29, 1.82) is 0 Å². The minimum atomic E-state index is -1.05. The number of carbonyl (C=O) groups is 3. The number of ketones is 1. The zero-order valence-corrected chi connectivity index (χ0v) is 12.0. The fraction of sp³-hybridized carbons (Fsp3) is 0.357. The first-order valence-corrected chi connectivity index (χ1v) is 7.38. The van der Waals surface area contributed by atoms with E-state index in [9.17, 15) is 14.4 Å². The molecule has 0 saturated carbocycles. The molecule has 0 saturated heterocycles. The summed E-state index contributed by atoms with van der Waals surface area (Å²) >= 11 is 1.17. The standard InChI is InChI=1S/C14H17NO4S/c1-2-11(14(18)19)15-13(17)9-20-8-12(16)10-6-4-3-5-7-10/h3-7,11H,2,8-9H2,1H3,(H,15,17)(H,18,19). The Kier molecular flexibility index (Phi) is 6.79. The van der Waals surface area contributed by atoms with Crippen LogP contribution in [0.4, 0.5) is 0 Å². The molecule has 6 heteroatoms. The largest absolute Gasteiger partial charge is 0.480 e. The van der Waals surface area contributed by atoms with Gasteiger partial charge in [0, 0.05) is 5.56 Å². The zero-order valence-electron chi connectivity index (χ0n) is 11.2. The van der Waals surface area contributed by atoms with Gasteiger partial charge in [0.05, 0.1) is 11.5 Å². The molecular weight excluding hydrogens is 278 g/mol. The van der Waals surface area contributed by atoms with E-state index < -0.39 is 12.0 Å². The summed E-state index contributed by atoms with van der Waals surface area (Å²) in [5.41, 5.74) is 0.609. The van der Waals surface area contributed by atoms with Crippen LogP contribution in [0.1, 0.15) is 23.7 Å². The predicted molar refractivity (Wildman–Crippen MR) is 78.0 cm³/mol. The number of carboxylic acid groups (broad SMARTS) is 1. The third-order valence-electron chi connectivity index (χ3n) is 2.60. The van der Waals surface area contributed by atoms with E-state index in [1.54, 1.807) is 31.2 Å². The second-order valence-corrected chi connectivity index (χ2v) is 5.13. The summed E-state index contributed by atoms with van der Waals surface area (Å²) in [7, 11) is 0. The van der Waals surface area contributed by atoms with E-state index in [1.807, 2.05) is 6.07 Å². The first kappa shape index (κ1) is 16.2. The maximum atomic E-state index is 11.8. The number of carbonyl (C=O) groups excluding carboxylic acids is 2. The normalized spacial score (nSPS) is 11.7. The fourth-order valence-electron chi connectivity index (χ4n) is 1.52. The summed E-state index contributed by atoms with van der Waals surface area (Å²) < 4.78 is 0. The van der Waals surface area contributed by atoms with E-state index in [2.05, 4.69) is 5.32 Å². The number of benzene rings is 1. The lowest BCUT2D eigenvalue weighted by molar-refractivity contribution is -0.141. The molecule has 1 unspecified atom stereocenters. The lowest BCUT2D eigenvalue weighted by Gasteiger charge is -2.11. The van der Waals surface area contributed by atoms with Crippen molar-refractivity contribution in [2.24, 2.45) is 0 Å². The lowest BCUT2D eigenvalue weighted by Crippen LogP contribution is -2.41. The van der Waals surface area contributed by atoms with E-state index >= 15 is 0 Å². The van der Waals surface area contributed by atoms with Gasteiger partial charge in [-0.3, -0.25) is 9.59 Å². The van der Waals surface area contributed by atoms with Crippen LogP contribution >= 0.6 is 11.8 Å². The molecule has 0 bridgehead atoms. The number of aliphatic carboxylic acids is 1. The van der Waals surface area contributed by atoms with Gasteiger partial charge in [0.1, 0.15) is 6.04 Å². The number of rotatable bonds is 8. The maximum Gasteiger partial charge on any atom is 0.326 e. The van der Waals surface area contributed by atoms with Crippen LogP contribution in [0.15, 0.2) is 30.3 Å². The van der Waals surface area contributed by atoms with E-state index in [1.165, 1.54) is 11.8 Å². The summed E-state index contributed by atoms with van der Waals surface area (Å²) in [4.78, 5) is 34.1. The summed E-state index contributed by atoms with van der Waals surface area (Å²) in [6.07, 6.45) is 0.328. The van der Waals surface area contributed by atoms with Gasteiger partial charge in [-0.1, -0.05) is 37.3 Å². The maximum absolute atomic E-state index is 11.8. The highest BCUT2D eigenvalue weighted by Crippen LogP contribution is 2.07. The number of amides is 1. The van der Waals surface area contributed by atoms with Crippen LogP contribution in [-0.2, 0) is 9.59 Å². The van der Waals surface area contributed by atoms with Gasteiger partial charge >= 0.3 is 5.97 Å². The minimum absolute atomic E-state index is 0.0475. The molecule has 1 aromatic rings. The topological polar surface area (TPSA) is 83.5 Å². The van der Waals surface area contributed by atoms with Crippen LogP contribution in [0.2, 0.25) is 0 Å². The third kappa shape index (κ3) is 5.44. The van der Waals surface area contributed by atoms with Crippen molar-refractivity contribution >= 4 is 29.4 Å². The van der Waals surface area contributed by atoms with Crippen molar-refractivity contribution in [3.63, 3.8) is 0 Å². The number of thioether (sulfide) groups is 1. The van der Waals surface area contributed by atoms with Gasteiger partial charge in [-0.25, -0.2) is 4.79 Å². The predicted octanol–water partition coefficient (Wildman–Crippen LogP) is 1.58. The molecule has 1 atom stereocenters. The average Bonchev–Trinajstić information content (AvgIpc) is 2.45. The Morgan fingerprint density at radius 1 is 1.20 bits per heavy atom. The van der Waals surface area contributed by atoms with Crippen molar-refractivity contribution < 1.29 is 19.5 Å². The van der Waals surface area contributed by atoms with Crippen LogP contribution in [0.5, 0.6) is 0 Å². The van der Waals surface area contributed by atoms with Crippen LogP contribution in [0.25, 0.3) is 0 Å². The van der Waals surface area contributed by atoms with Gasteiger partial charge in [-0.05, 0) is 6.42 Å². The van der Waals surface area contributed by atoms with Crippen molar-refractivity contribution in [2.75, 3.05) is 11.5 Å². The lowest BCUT2D eigenvalue weighted by atomic mass is 10.2. The highest BCUT2D eigenvalue weighted by atomic mass is 32.2. The van der Waals surface area contributed by atoms with Crippen LogP contribution in [0, 0.1) is 0 Å². The molecule has 0 heterocycles. The highest BCUT2D eigenvalue weighted by Gasteiger charge is 2.17. The van der Waals surface area contributed by atoms with Crippen molar-refractivity contribution in [3.8, 4) is 0 Å². The zero-order chi connectivity index (χ0) is 15.0. The molecule has 20 heavy (non-hydrogen) atoms. The molecule has 0 fully saturated rings. The van der Waals surface area contributed by atoms with Gasteiger partial charge < -0.3 is 10.4 Å². The molecule has 2 N–H and O–H groups in total. The quantitative estimate of drug-likeness (QED) is 0.711. The van der Waals surface area contributed by atoms with E-state index in [-0.39, 0.29) is 23.2 Å². The molecule has 0 spiro atoms. The molecular formula is C14H17NO4S. The molecule has 1 rings (SSSR count). The van der Waals surface area contributed by atoms with E-state index in [4.69, 9.17) is 5.11 Å². The Morgan fingerprint density at radius 2 is 1.85 bits per heavy atom. The second-order valence-electron chi connectivity index (χ2n) is 4.15. The number of hydrogen-bond donors (Lipinski definition) is 2. The molecule has 0 aromatic heterocycles. The highest BCUT2D eigenvalue weighted by molar-refractivity contribution is 8.00. The fourth-order valence-corrected chi connectivity index (χ4v) is 2.24. The van der Waals surface area contributed by atoms with Gasteiger partial charge in [0.2, 0.25) is 5.91 Å². The van der Waals surface area contributed by atoms with Gasteiger partial charge in [0.15, 0.2) is 5.78 Å². The Balaban J connectivity index is 2.32. The molecule has 0 aliphatic carbocycles. The van der Waals surface area contributed by atoms with Crippen molar-refractivity contribution in [2.45, 2.75) is 19.4 Å². The molecule has 108 valence electrons. The average molecular weight is 295 g/mol. The number of carboxylic acids is 1. The summed E-state index contributed by atoms with van der Waals surface area (Å²) in [5.74, 6) is -1.20. The first-order valence-electron chi connectivity index (χ1n) is 6.22. The van der Waals surface area contributed by atoms with Crippen molar-refractivity contribution in [1.82, 2.24) is 5.32 Å². The third-order valence-corrected chi connectivity index (χ3v) is 3.54. The molecule has 0 aliphatic heterocycles. The SMILES string of the molecule is CCC(NC(=O)CSCC(=O)c1ccccc1)C(=O)O. The second kappa shape index (κ2) is 8.37. The molecule has 0 aliphatic rings. The Hall–Kier alpha value is -1.82. The van der Waals surface area contributed by atoms with E-state index in [0.717, 1.165) is 0 Å². The van der Waals surface area contributed by atoms with Gasteiger partial charge in [-0.2, -0.15) is 0 Å². The molecule has 0 radical (unpaired) electrons. The molecule has 1 amide bonds. The summed E-state index contributed by atoms with van der Waals surface area (Å²) in [6.45, 7) is 1.69. The number of Topliss-reactive ketones (excluding diaryl/α,β-unsaturated/α-hetero) is 1. The molecule has 1 aromatic carbocycles. The Morgan fingerprint density at radius 3 is 2.40 bits per heavy atom. The van der Waals surface area contributed by atoms with Gasteiger partial charge in [-0.15, -0.1) is 11.8 Å². The Bertz CT molecular complexity index is 475. The van der Waals surface area contributed by atoms with Crippen LogP contribution in [-0.4, -0.2) is 40.3 Å². The number of hydrogen-bond acceptors (Lipinski definition) is 4. The summed E-state index contributed by atoms with van der Waals surface area (Å²) in [5, 5.41) is 11.2. The number of nitrogens with one attached hydrogen (secondary N) is 1. The summed E-state index contributed by atoms with van der Waals surface area (Å²) in [6, 6.07) is 7.97. The monoisotopic (exact) mass is 295 g/mol. The van der Waals surface area contributed by atoms with Crippen LogP contribution < -0.4 is 5.32 Å². The molecule has 5 nitrogen and oxygen atoms in total. The van der Waals surface area contributed by atoms with Gasteiger partial charge in [0.25, 0.3) is 0 Å². The van der Waals surface area contributed by atoms with Crippen molar-refractivity contribution in [3.05, 3.63) is 35.9 Å². The smallest absolute Gasteiger partial charge is 0.326 e. The minimum Gasteiger partial charge on any atom is -0.480 e. The van der Waals surface area contributed by atoms with Crippen LogP contribution in [0.3, 0.4) is 0 Å². The first-order chi connectivity index (χ1) is 9.54. The van der Waals surface area contributed by atoms with E-state index in [0.29, 0.717) is 12.0 Å². The Labute approximate surface area is 121 Å².